The third-order valence-electron chi connectivity index (χ3n) is 5.18. The van der Waals surface area contributed by atoms with E-state index in [4.69, 9.17) is 4.74 Å². The molecular weight excluding hydrogens is 210 g/mol. The zero-order chi connectivity index (χ0) is 11.7. The minimum atomic E-state index is 0.315. The van der Waals surface area contributed by atoms with Crippen LogP contribution in [0, 0.1) is 5.92 Å². The number of hydrogen-bond acceptors (Lipinski definition) is 2. The monoisotopic (exact) mass is 237 g/mol. The van der Waals surface area contributed by atoms with Gasteiger partial charge in [0.05, 0.1) is 11.7 Å². The normalized spacial score (nSPS) is 40.4. The predicted octanol–water partition coefficient (Wildman–Crippen LogP) is 3.26. The van der Waals surface area contributed by atoms with Crippen molar-refractivity contribution < 1.29 is 4.74 Å². The summed E-state index contributed by atoms with van der Waals surface area (Å²) in [5, 5.41) is 3.74. The van der Waals surface area contributed by atoms with Gasteiger partial charge in [0.2, 0.25) is 0 Å². The van der Waals surface area contributed by atoms with Crippen LogP contribution < -0.4 is 5.32 Å². The van der Waals surface area contributed by atoms with Gasteiger partial charge in [-0.3, -0.25) is 0 Å². The molecule has 3 aliphatic rings. The Morgan fingerprint density at radius 1 is 1.12 bits per heavy atom. The molecule has 17 heavy (non-hydrogen) atoms. The standard InChI is InChI=1S/C15H27NO/c1-12-4-5-13(10-12)16-11-14-6-9-15(17-14)7-2-3-8-15/h12-14,16H,2-11H2,1H3. The second-order valence-corrected chi connectivity index (χ2v) is 6.69. The first-order valence-electron chi connectivity index (χ1n) is 7.67. The van der Waals surface area contributed by atoms with Crippen molar-refractivity contribution in [1.82, 2.24) is 5.32 Å². The Morgan fingerprint density at radius 2 is 1.94 bits per heavy atom. The highest BCUT2D eigenvalue weighted by Crippen LogP contribution is 2.43. The van der Waals surface area contributed by atoms with E-state index < -0.39 is 0 Å². The molecule has 3 fully saturated rings. The van der Waals surface area contributed by atoms with E-state index in [9.17, 15) is 0 Å². The molecule has 0 aromatic rings. The lowest BCUT2D eigenvalue weighted by molar-refractivity contribution is -0.0358. The lowest BCUT2D eigenvalue weighted by atomic mass is 9.98. The molecule has 3 rings (SSSR count). The van der Waals surface area contributed by atoms with E-state index >= 15 is 0 Å². The summed E-state index contributed by atoms with van der Waals surface area (Å²) in [6.07, 6.45) is 12.7. The van der Waals surface area contributed by atoms with E-state index in [2.05, 4.69) is 12.2 Å². The SMILES string of the molecule is CC1CCC(NCC2CCC3(CCCC3)O2)C1. The fourth-order valence-electron chi connectivity index (χ4n) is 4.12. The average molecular weight is 237 g/mol. The highest BCUT2D eigenvalue weighted by molar-refractivity contribution is 4.93. The van der Waals surface area contributed by atoms with Crippen molar-refractivity contribution in [3.63, 3.8) is 0 Å². The minimum absolute atomic E-state index is 0.315. The van der Waals surface area contributed by atoms with Crippen LogP contribution in [-0.4, -0.2) is 24.3 Å². The Labute approximate surface area is 105 Å². The zero-order valence-electron chi connectivity index (χ0n) is 11.2. The highest BCUT2D eigenvalue weighted by Gasteiger charge is 2.42. The molecule has 1 heterocycles. The van der Waals surface area contributed by atoms with Crippen LogP contribution in [0.15, 0.2) is 0 Å². The van der Waals surface area contributed by atoms with Gasteiger partial charge >= 0.3 is 0 Å². The van der Waals surface area contributed by atoms with Crippen molar-refractivity contribution in [1.29, 1.82) is 0 Å². The van der Waals surface area contributed by atoms with E-state index in [1.165, 1.54) is 57.8 Å². The molecule has 1 spiro atoms. The predicted molar refractivity (Wildman–Crippen MR) is 70.1 cm³/mol. The molecule has 0 bridgehead atoms. The molecule has 2 nitrogen and oxygen atoms in total. The third kappa shape index (κ3) is 2.68. The van der Waals surface area contributed by atoms with Gasteiger partial charge in [0.1, 0.15) is 0 Å². The van der Waals surface area contributed by atoms with Gasteiger partial charge in [-0.25, -0.2) is 0 Å². The fraction of sp³-hybridized carbons (Fsp3) is 1.00. The van der Waals surface area contributed by atoms with Gasteiger partial charge in [-0.05, 0) is 50.9 Å². The minimum Gasteiger partial charge on any atom is -0.370 e. The van der Waals surface area contributed by atoms with Crippen LogP contribution in [0.1, 0.15) is 64.7 Å². The summed E-state index contributed by atoms with van der Waals surface area (Å²) < 4.78 is 6.33. The molecule has 2 saturated carbocycles. The molecule has 0 amide bonds. The van der Waals surface area contributed by atoms with Gasteiger partial charge in [-0.15, -0.1) is 0 Å². The first-order chi connectivity index (χ1) is 8.26. The summed E-state index contributed by atoms with van der Waals surface area (Å²) in [7, 11) is 0. The van der Waals surface area contributed by atoms with Gasteiger partial charge in [-0.2, -0.15) is 0 Å². The van der Waals surface area contributed by atoms with Gasteiger partial charge in [0.15, 0.2) is 0 Å². The van der Waals surface area contributed by atoms with Crippen LogP contribution in [-0.2, 0) is 4.74 Å². The van der Waals surface area contributed by atoms with Gasteiger partial charge in [-0.1, -0.05) is 19.8 Å². The maximum atomic E-state index is 6.33. The fourth-order valence-corrected chi connectivity index (χ4v) is 4.12. The van der Waals surface area contributed by atoms with Crippen LogP contribution in [0.25, 0.3) is 0 Å². The molecule has 0 radical (unpaired) electrons. The van der Waals surface area contributed by atoms with Crippen LogP contribution in [0.2, 0.25) is 0 Å². The molecule has 98 valence electrons. The van der Waals surface area contributed by atoms with Gasteiger partial charge in [0.25, 0.3) is 0 Å². The van der Waals surface area contributed by atoms with Gasteiger partial charge < -0.3 is 10.1 Å². The Balaban J connectivity index is 1.42. The van der Waals surface area contributed by atoms with Gasteiger partial charge in [0, 0.05) is 12.6 Å². The lowest BCUT2D eigenvalue weighted by Crippen LogP contribution is -2.35. The van der Waals surface area contributed by atoms with Crippen LogP contribution in [0.3, 0.4) is 0 Å². The van der Waals surface area contributed by atoms with Crippen LogP contribution in [0.4, 0.5) is 0 Å². The van der Waals surface area contributed by atoms with Crippen LogP contribution >= 0.6 is 0 Å². The molecule has 2 heteroatoms. The summed E-state index contributed by atoms with van der Waals surface area (Å²) in [6, 6.07) is 0.772. The second kappa shape index (κ2) is 4.89. The van der Waals surface area contributed by atoms with E-state index in [1.807, 2.05) is 0 Å². The maximum absolute atomic E-state index is 6.33. The van der Waals surface area contributed by atoms with Crippen molar-refractivity contribution in [2.75, 3.05) is 6.54 Å². The molecule has 0 aromatic carbocycles. The number of rotatable bonds is 3. The van der Waals surface area contributed by atoms with E-state index in [1.54, 1.807) is 0 Å². The average Bonchev–Trinajstić information content (AvgIpc) is 3.01. The zero-order valence-corrected chi connectivity index (χ0v) is 11.2. The van der Waals surface area contributed by atoms with Crippen molar-refractivity contribution in [3.8, 4) is 0 Å². The van der Waals surface area contributed by atoms with Crippen molar-refractivity contribution in [3.05, 3.63) is 0 Å². The summed E-state index contributed by atoms with van der Waals surface area (Å²) >= 11 is 0. The number of hydrogen-bond donors (Lipinski definition) is 1. The summed E-state index contributed by atoms with van der Waals surface area (Å²) in [5.74, 6) is 0.929. The molecule has 1 N–H and O–H groups in total. The first-order valence-corrected chi connectivity index (χ1v) is 7.67. The summed E-state index contributed by atoms with van der Waals surface area (Å²) in [5.41, 5.74) is 0.315. The molecule has 3 atom stereocenters. The molecule has 3 unspecified atom stereocenters. The molecule has 2 aliphatic carbocycles. The Morgan fingerprint density at radius 3 is 2.65 bits per heavy atom. The van der Waals surface area contributed by atoms with Crippen molar-refractivity contribution in [2.45, 2.75) is 82.5 Å². The lowest BCUT2D eigenvalue weighted by Gasteiger charge is -2.24. The first kappa shape index (κ1) is 12.0. The molecule has 1 saturated heterocycles. The third-order valence-corrected chi connectivity index (χ3v) is 5.18. The highest BCUT2D eigenvalue weighted by atomic mass is 16.5. The molecular formula is C15H27NO. The van der Waals surface area contributed by atoms with E-state index in [0.29, 0.717) is 11.7 Å². The second-order valence-electron chi connectivity index (χ2n) is 6.69. The smallest absolute Gasteiger partial charge is 0.0708 e. The number of nitrogens with one attached hydrogen (secondary N) is 1. The Kier molecular flexibility index (Phi) is 3.45. The number of ether oxygens (including phenoxy) is 1. The summed E-state index contributed by atoms with van der Waals surface area (Å²) in [6.45, 7) is 3.47. The van der Waals surface area contributed by atoms with E-state index in [-0.39, 0.29) is 0 Å². The van der Waals surface area contributed by atoms with E-state index in [0.717, 1.165) is 18.5 Å². The summed E-state index contributed by atoms with van der Waals surface area (Å²) in [4.78, 5) is 0. The molecule has 1 aliphatic heterocycles. The quantitative estimate of drug-likeness (QED) is 0.813. The largest absolute Gasteiger partial charge is 0.370 e. The Bertz CT molecular complexity index is 260. The van der Waals surface area contributed by atoms with Crippen molar-refractivity contribution in [2.24, 2.45) is 5.92 Å². The maximum Gasteiger partial charge on any atom is 0.0708 e. The Hall–Kier alpha value is -0.0800. The van der Waals surface area contributed by atoms with Crippen molar-refractivity contribution >= 4 is 0 Å². The molecule has 0 aromatic heterocycles. The van der Waals surface area contributed by atoms with Crippen LogP contribution in [0.5, 0.6) is 0 Å². The topological polar surface area (TPSA) is 21.3 Å².